The van der Waals surface area contributed by atoms with Gasteiger partial charge in [-0.1, -0.05) is 70.4 Å². The highest BCUT2D eigenvalue weighted by Gasteiger charge is 2.17. The van der Waals surface area contributed by atoms with Crippen molar-refractivity contribution in [2.75, 3.05) is 7.11 Å². The fourth-order valence-electron chi connectivity index (χ4n) is 2.70. The first-order chi connectivity index (χ1) is 11.7. The first-order valence-electron chi connectivity index (χ1n) is 9.14. The largest absolute Gasteiger partial charge is 0.497 e. The molecule has 1 aromatic rings. The number of carbonyl (C=O) groups is 1. The van der Waals surface area contributed by atoms with E-state index in [2.05, 4.69) is 6.92 Å². The van der Waals surface area contributed by atoms with E-state index in [1.54, 1.807) is 7.11 Å². The molecule has 136 valence electrons. The summed E-state index contributed by atoms with van der Waals surface area (Å²) in [5, 5.41) is 9.30. The Morgan fingerprint density at radius 2 is 1.75 bits per heavy atom. The topological polar surface area (TPSA) is 55.8 Å². The van der Waals surface area contributed by atoms with E-state index in [-0.39, 0.29) is 0 Å². The molecule has 4 heteroatoms. The van der Waals surface area contributed by atoms with Crippen LogP contribution in [0.15, 0.2) is 24.3 Å². The van der Waals surface area contributed by atoms with E-state index in [0.29, 0.717) is 13.0 Å². The molecule has 1 aromatic carbocycles. The molecule has 0 saturated heterocycles. The fraction of sp³-hybridized carbons (Fsp3) is 0.650. The highest BCUT2D eigenvalue weighted by Crippen LogP contribution is 2.16. The molecule has 0 aliphatic rings. The van der Waals surface area contributed by atoms with Crippen molar-refractivity contribution in [3.63, 3.8) is 0 Å². The molecule has 0 heterocycles. The molecule has 1 atom stereocenters. The first kappa shape index (κ1) is 20.5. The fourth-order valence-corrected chi connectivity index (χ4v) is 2.70. The van der Waals surface area contributed by atoms with Crippen molar-refractivity contribution in [1.82, 2.24) is 0 Å². The molecule has 0 fully saturated rings. The highest BCUT2D eigenvalue weighted by atomic mass is 16.5. The van der Waals surface area contributed by atoms with Gasteiger partial charge < -0.3 is 14.6 Å². The van der Waals surface area contributed by atoms with Crippen LogP contribution in [0, 0.1) is 0 Å². The van der Waals surface area contributed by atoms with Crippen LogP contribution in [-0.2, 0) is 16.1 Å². The van der Waals surface area contributed by atoms with Gasteiger partial charge in [0.2, 0.25) is 0 Å². The van der Waals surface area contributed by atoms with E-state index in [1.165, 1.54) is 38.5 Å². The Bertz CT molecular complexity index is 459. The molecule has 0 radical (unpaired) electrons. The SMILES string of the molecule is CCCCCCCCCCC(OCc1cccc(OC)c1)C(=O)O. The van der Waals surface area contributed by atoms with Gasteiger partial charge in [-0.3, -0.25) is 0 Å². The van der Waals surface area contributed by atoms with Crippen LogP contribution in [0.4, 0.5) is 0 Å². The Labute approximate surface area is 146 Å². The van der Waals surface area contributed by atoms with Gasteiger partial charge in [0.15, 0.2) is 6.10 Å². The number of hydrogen-bond donors (Lipinski definition) is 1. The van der Waals surface area contributed by atoms with Crippen molar-refractivity contribution in [2.45, 2.75) is 77.4 Å². The van der Waals surface area contributed by atoms with Gasteiger partial charge in [-0.15, -0.1) is 0 Å². The van der Waals surface area contributed by atoms with Crippen LogP contribution in [0.1, 0.15) is 70.3 Å². The van der Waals surface area contributed by atoms with Crippen LogP contribution in [0.3, 0.4) is 0 Å². The maximum atomic E-state index is 11.3. The average molecular weight is 336 g/mol. The smallest absolute Gasteiger partial charge is 0.332 e. The van der Waals surface area contributed by atoms with Crippen molar-refractivity contribution in [3.8, 4) is 5.75 Å². The van der Waals surface area contributed by atoms with Crippen LogP contribution in [0.2, 0.25) is 0 Å². The van der Waals surface area contributed by atoms with Gasteiger partial charge in [0.25, 0.3) is 0 Å². The molecule has 0 aliphatic carbocycles. The number of methoxy groups -OCH3 is 1. The number of carboxylic acid groups (broad SMARTS) is 1. The Balaban J connectivity index is 2.23. The lowest BCUT2D eigenvalue weighted by atomic mass is 10.1. The maximum Gasteiger partial charge on any atom is 0.332 e. The summed E-state index contributed by atoms with van der Waals surface area (Å²) in [5.41, 5.74) is 0.927. The van der Waals surface area contributed by atoms with Gasteiger partial charge in [-0.05, 0) is 24.1 Å². The minimum atomic E-state index is -0.874. The number of hydrogen-bond acceptors (Lipinski definition) is 3. The summed E-state index contributed by atoms with van der Waals surface area (Å²) in [6, 6.07) is 7.53. The number of carboxylic acids is 1. The zero-order chi connectivity index (χ0) is 17.6. The summed E-state index contributed by atoms with van der Waals surface area (Å²) >= 11 is 0. The van der Waals surface area contributed by atoms with E-state index in [4.69, 9.17) is 9.47 Å². The van der Waals surface area contributed by atoms with Gasteiger partial charge in [-0.2, -0.15) is 0 Å². The number of rotatable bonds is 14. The molecule has 0 bridgehead atoms. The predicted molar refractivity (Wildman–Crippen MR) is 96.4 cm³/mol. The summed E-state index contributed by atoms with van der Waals surface area (Å²) in [7, 11) is 1.61. The standard InChI is InChI=1S/C20H32O4/c1-3-4-5-6-7-8-9-10-14-19(20(21)22)24-16-17-12-11-13-18(15-17)23-2/h11-13,15,19H,3-10,14,16H2,1-2H3,(H,21,22). The van der Waals surface area contributed by atoms with Gasteiger partial charge in [-0.25, -0.2) is 4.79 Å². The molecule has 24 heavy (non-hydrogen) atoms. The predicted octanol–water partition coefficient (Wildman–Crippen LogP) is 5.20. The molecule has 0 aromatic heterocycles. The minimum absolute atomic E-state index is 0.297. The summed E-state index contributed by atoms with van der Waals surface area (Å²) in [4.78, 5) is 11.3. The van der Waals surface area contributed by atoms with Crippen LogP contribution in [0.5, 0.6) is 5.75 Å². The molecule has 0 spiro atoms. The third kappa shape index (κ3) is 8.92. The first-order valence-corrected chi connectivity index (χ1v) is 9.14. The lowest BCUT2D eigenvalue weighted by molar-refractivity contribution is -0.151. The molecular formula is C20H32O4. The van der Waals surface area contributed by atoms with Crippen molar-refractivity contribution in [3.05, 3.63) is 29.8 Å². The number of ether oxygens (including phenoxy) is 2. The van der Waals surface area contributed by atoms with Crippen molar-refractivity contribution < 1.29 is 19.4 Å². The molecule has 0 saturated carbocycles. The van der Waals surface area contributed by atoms with Crippen molar-refractivity contribution in [1.29, 1.82) is 0 Å². The average Bonchev–Trinajstić information content (AvgIpc) is 2.59. The molecule has 0 aliphatic heterocycles. The molecule has 4 nitrogen and oxygen atoms in total. The van der Waals surface area contributed by atoms with Crippen molar-refractivity contribution in [2.24, 2.45) is 0 Å². The summed E-state index contributed by atoms with van der Waals surface area (Å²) in [5.74, 6) is -0.119. The quantitative estimate of drug-likeness (QED) is 0.475. The minimum Gasteiger partial charge on any atom is -0.497 e. The third-order valence-corrected chi connectivity index (χ3v) is 4.18. The zero-order valence-corrected chi connectivity index (χ0v) is 15.1. The number of benzene rings is 1. The second-order valence-electron chi connectivity index (χ2n) is 6.25. The Kier molecular flexibility index (Phi) is 10.9. The summed E-state index contributed by atoms with van der Waals surface area (Å²) in [6.45, 7) is 2.52. The lowest BCUT2D eigenvalue weighted by Gasteiger charge is -2.14. The molecule has 1 N–H and O–H groups in total. The number of unbranched alkanes of at least 4 members (excludes halogenated alkanes) is 7. The highest BCUT2D eigenvalue weighted by molar-refractivity contribution is 5.72. The van der Waals surface area contributed by atoms with Crippen LogP contribution in [0.25, 0.3) is 0 Å². The monoisotopic (exact) mass is 336 g/mol. The van der Waals surface area contributed by atoms with E-state index >= 15 is 0 Å². The van der Waals surface area contributed by atoms with Crippen LogP contribution < -0.4 is 4.74 Å². The van der Waals surface area contributed by atoms with E-state index in [1.807, 2.05) is 24.3 Å². The van der Waals surface area contributed by atoms with Gasteiger partial charge in [0.1, 0.15) is 5.75 Å². The van der Waals surface area contributed by atoms with Crippen LogP contribution in [-0.4, -0.2) is 24.3 Å². The van der Waals surface area contributed by atoms with E-state index in [0.717, 1.165) is 24.2 Å². The number of aliphatic carboxylic acids is 1. The molecular weight excluding hydrogens is 304 g/mol. The van der Waals surface area contributed by atoms with Gasteiger partial charge in [0.05, 0.1) is 13.7 Å². The third-order valence-electron chi connectivity index (χ3n) is 4.18. The molecule has 0 amide bonds. The zero-order valence-electron chi connectivity index (χ0n) is 15.1. The maximum absolute atomic E-state index is 11.3. The Morgan fingerprint density at radius 3 is 2.38 bits per heavy atom. The molecule has 1 rings (SSSR count). The van der Waals surface area contributed by atoms with Gasteiger partial charge >= 0.3 is 5.97 Å². The summed E-state index contributed by atoms with van der Waals surface area (Å²) < 4.78 is 10.8. The summed E-state index contributed by atoms with van der Waals surface area (Å²) in [6.07, 6.45) is 9.48. The lowest BCUT2D eigenvalue weighted by Crippen LogP contribution is -2.23. The second-order valence-corrected chi connectivity index (χ2v) is 6.25. The Morgan fingerprint density at radius 1 is 1.08 bits per heavy atom. The van der Waals surface area contributed by atoms with Gasteiger partial charge in [0, 0.05) is 0 Å². The van der Waals surface area contributed by atoms with Crippen LogP contribution >= 0.6 is 0 Å². The van der Waals surface area contributed by atoms with E-state index in [9.17, 15) is 9.90 Å². The van der Waals surface area contributed by atoms with Crippen molar-refractivity contribution >= 4 is 5.97 Å². The normalized spacial score (nSPS) is 12.1. The second kappa shape index (κ2) is 12.8. The Hall–Kier alpha value is -1.55. The van der Waals surface area contributed by atoms with E-state index < -0.39 is 12.1 Å². The molecule has 1 unspecified atom stereocenters.